The third-order valence-electron chi connectivity index (χ3n) is 2.57. The standard InChI is InChI=1S/C12H22O5/c1-5-9(13)8-12(4,10(14)16-6-2)11(15)17-7-3/h9,13H,5-8H2,1-4H3. The highest BCUT2D eigenvalue weighted by Crippen LogP contribution is 2.28. The minimum Gasteiger partial charge on any atom is -0.465 e. The van der Waals surface area contributed by atoms with Gasteiger partial charge in [-0.2, -0.15) is 0 Å². The summed E-state index contributed by atoms with van der Waals surface area (Å²) in [5, 5.41) is 9.61. The summed E-state index contributed by atoms with van der Waals surface area (Å²) < 4.78 is 9.74. The Bertz CT molecular complexity index is 244. The van der Waals surface area contributed by atoms with Gasteiger partial charge in [0, 0.05) is 0 Å². The minimum absolute atomic E-state index is 0.0150. The van der Waals surface area contributed by atoms with Crippen LogP contribution < -0.4 is 0 Å². The van der Waals surface area contributed by atoms with Crippen LogP contribution in [0.3, 0.4) is 0 Å². The Kier molecular flexibility index (Phi) is 6.80. The Balaban J connectivity index is 4.91. The molecule has 0 saturated heterocycles. The molecule has 0 fully saturated rings. The highest BCUT2D eigenvalue weighted by Gasteiger charge is 2.45. The van der Waals surface area contributed by atoms with Crippen LogP contribution in [-0.2, 0) is 19.1 Å². The normalized spacial score (nSPS) is 13.0. The van der Waals surface area contributed by atoms with Gasteiger partial charge in [-0.25, -0.2) is 0 Å². The van der Waals surface area contributed by atoms with Crippen LogP contribution in [0.2, 0.25) is 0 Å². The molecule has 1 N–H and O–H groups in total. The van der Waals surface area contributed by atoms with E-state index in [9.17, 15) is 14.7 Å². The third-order valence-corrected chi connectivity index (χ3v) is 2.57. The summed E-state index contributed by atoms with van der Waals surface area (Å²) in [4.78, 5) is 23.6. The average molecular weight is 246 g/mol. The van der Waals surface area contributed by atoms with Gasteiger partial charge in [-0.05, 0) is 33.6 Å². The van der Waals surface area contributed by atoms with Crippen LogP contribution in [0.1, 0.15) is 40.5 Å². The fourth-order valence-corrected chi connectivity index (χ4v) is 1.45. The second kappa shape index (κ2) is 7.27. The summed E-state index contributed by atoms with van der Waals surface area (Å²) in [6, 6.07) is 0. The molecule has 0 spiro atoms. The van der Waals surface area contributed by atoms with Gasteiger partial charge in [0.2, 0.25) is 0 Å². The fraction of sp³-hybridized carbons (Fsp3) is 0.833. The number of rotatable bonds is 7. The van der Waals surface area contributed by atoms with Gasteiger partial charge in [-0.3, -0.25) is 9.59 Å². The molecule has 0 saturated carbocycles. The molecule has 100 valence electrons. The maximum Gasteiger partial charge on any atom is 0.323 e. The van der Waals surface area contributed by atoms with Crippen LogP contribution >= 0.6 is 0 Å². The van der Waals surface area contributed by atoms with Gasteiger partial charge >= 0.3 is 11.9 Å². The largest absolute Gasteiger partial charge is 0.465 e. The molecule has 0 amide bonds. The highest BCUT2D eigenvalue weighted by molar-refractivity contribution is 5.99. The number of esters is 2. The number of hydrogen-bond acceptors (Lipinski definition) is 5. The predicted molar refractivity (Wildman–Crippen MR) is 62.3 cm³/mol. The smallest absolute Gasteiger partial charge is 0.323 e. The first-order valence-electron chi connectivity index (χ1n) is 5.94. The van der Waals surface area contributed by atoms with E-state index in [1.165, 1.54) is 6.92 Å². The first-order valence-corrected chi connectivity index (χ1v) is 5.94. The van der Waals surface area contributed by atoms with E-state index in [0.29, 0.717) is 6.42 Å². The summed E-state index contributed by atoms with van der Waals surface area (Å²) in [6.07, 6.45) is -0.246. The molecule has 1 atom stereocenters. The third kappa shape index (κ3) is 4.34. The summed E-state index contributed by atoms with van der Waals surface area (Å²) in [5.41, 5.74) is -1.43. The molecule has 0 aromatic heterocycles. The number of hydrogen-bond donors (Lipinski definition) is 1. The zero-order chi connectivity index (χ0) is 13.5. The monoisotopic (exact) mass is 246 g/mol. The van der Waals surface area contributed by atoms with Crippen molar-refractivity contribution in [2.24, 2.45) is 5.41 Å². The van der Waals surface area contributed by atoms with Crippen molar-refractivity contribution < 1.29 is 24.2 Å². The van der Waals surface area contributed by atoms with Gasteiger partial charge in [0.25, 0.3) is 0 Å². The number of aliphatic hydroxyl groups is 1. The maximum absolute atomic E-state index is 11.8. The van der Waals surface area contributed by atoms with Gasteiger partial charge in [0.15, 0.2) is 5.41 Å². The van der Waals surface area contributed by atoms with E-state index in [4.69, 9.17) is 9.47 Å². The lowest BCUT2D eigenvalue weighted by Crippen LogP contribution is -2.42. The Morgan fingerprint density at radius 1 is 1.12 bits per heavy atom. The second-order valence-corrected chi connectivity index (χ2v) is 4.04. The average Bonchev–Trinajstić information content (AvgIpc) is 2.29. The number of carbonyl (C=O) groups excluding carboxylic acids is 2. The van der Waals surface area contributed by atoms with Gasteiger partial charge in [-0.1, -0.05) is 6.92 Å². The van der Waals surface area contributed by atoms with Crippen LogP contribution in [0, 0.1) is 5.41 Å². The van der Waals surface area contributed by atoms with Crippen molar-refractivity contribution in [2.75, 3.05) is 13.2 Å². The maximum atomic E-state index is 11.8. The molecular formula is C12H22O5. The van der Waals surface area contributed by atoms with Crippen molar-refractivity contribution in [1.82, 2.24) is 0 Å². The van der Waals surface area contributed by atoms with E-state index in [1.54, 1.807) is 20.8 Å². The van der Waals surface area contributed by atoms with Crippen LogP contribution in [0.25, 0.3) is 0 Å². The Hall–Kier alpha value is -1.10. The molecule has 0 aliphatic carbocycles. The number of ether oxygens (including phenoxy) is 2. The van der Waals surface area contributed by atoms with Crippen LogP contribution in [0.4, 0.5) is 0 Å². The lowest BCUT2D eigenvalue weighted by Gasteiger charge is -2.26. The molecule has 0 aromatic carbocycles. The lowest BCUT2D eigenvalue weighted by molar-refractivity contribution is -0.173. The summed E-state index contributed by atoms with van der Waals surface area (Å²) >= 11 is 0. The zero-order valence-corrected chi connectivity index (χ0v) is 11.0. The Morgan fingerprint density at radius 3 is 1.82 bits per heavy atom. The Labute approximate surface area is 102 Å². The molecule has 0 bridgehead atoms. The molecule has 5 nitrogen and oxygen atoms in total. The van der Waals surface area contributed by atoms with Crippen molar-refractivity contribution >= 4 is 11.9 Å². The van der Waals surface area contributed by atoms with E-state index in [1.807, 2.05) is 0 Å². The number of carbonyl (C=O) groups is 2. The SMILES string of the molecule is CCOC(=O)C(C)(CC(O)CC)C(=O)OCC. The summed E-state index contributed by atoms with van der Waals surface area (Å²) in [6.45, 7) is 6.94. The second-order valence-electron chi connectivity index (χ2n) is 4.04. The molecule has 0 radical (unpaired) electrons. The van der Waals surface area contributed by atoms with Crippen LogP contribution in [0.5, 0.6) is 0 Å². The molecule has 5 heteroatoms. The predicted octanol–water partition coefficient (Wildman–Crippen LogP) is 1.28. The molecule has 0 rings (SSSR count). The topological polar surface area (TPSA) is 72.8 Å². The molecule has 0 aromatic rings. The van der Waals surface area contributed by atoms with Crippen molar-refractivity contribution in [3.8, 4) is 0 Å². The van der Waals surface area contributed by atoms with Gasteiger partial charge in [-0.15, -0.1) is 0 Å². The van der Waals surface area contributed by atoms with E-state index in [0.717, 1.165) is 0 Å². The molecule has 1 unspecified atom stereocenters. The first kappa shape index (κ1) is 15.9. The molecule has 0 aliphatic rings. The van der Waals surface area contributed by atoms with Crippen LogP contribution in [-0.4, -0.2) is 36.4 Å². The molecule has 0 heterocycles. The molecular weight excluding hydrogens is 224 g/mol. The minimum atomic E-state index is -1.43. The van der Waals surface area contributed by atoms with Crippen LogP contribution in [0.15, 0.2) is 0 Å². The molecule has 17 heavy (non-hydrogen) atoms. The molecule has 0 aliphatic heterocycles. The van der Waals surface area contributed by atoms with Gasteiger partial charge in [0.05, 0.1) is 19.3 Å². The van der Waals surface area contributed by atoms with Crippen molar-refractivity contribution in [3.05, 3.63) is 0 Å². The quantitative estimate of drug-likeness (QED) is 0.541. The van der Waals surface area contributed by atoms with E-state index < -0.39 is 23.5 Å². The van der Waals surface area contributed by atoms with Crippen molar-refractivity contribution in [2.45, 2.75) is 46.6 Å². The Morgan fingerprint density at radius 2 is 1.53 bits per heavy atom. The lowest BCUT2D eigenvalue weighted by atomic mass is 9.83. The number of aliphatic hydroxyl groups excluding tert-OH is 1. The summed E-state index contributed by atoms with van der Waals surface area (Å²) in [7, 11) is 0. The summed E-state index contributed by atoms with van der Waals surface area (Å²) in [5.74, 6) is -1.29. The van der Waals surface area contributed by atoms with Crippen molar-refractivity contribution in [1.29, 1.82) is 0 Å². The first-order chi connectivity index (χ1) is 7.92. The highest BCUT2D eigenvalue weighted by atomic mass is 16.6. The fourth-order valence-electron chi connectivity index (χ4n) is 1.45. The van der Waals surface area contributed by atoms with Crippen molar-refractivity contribution in [3.63, 3.8) is 0 Å². The van der Waals surface area contributed by atoms with E-state index in [-0.39, 0.29) is 19.6 Å². The van der Waals surface area contributed by atoms with Gasteiger partial charge < -0.3 is 14.6 Å². The van der Waals surface area contributed by atoms with E-state index >= 15 is 0 Å². The van der Waals surface area contributed by atoms with E-state index in [2.05, 4.69) is 0 Å². The van der Waals surface area contributed by atoms with Gasteiger partial charge in [0.1, 0.15) is 0 Å². The zero-order valence-electron chi connectivity index (χ0n) is 11.0.